The number of carbonyl (C=O) groups is 1. The van der Waals surface area contributed by atoms with Crippen molar-refractivity contribution in [3.63, 3.8) is 0 Å². The molecule has 8 heavy (non-hydrogen) atoms. The zero-order valence-electron chi connectivity index (χ0n) is 5.56. The van der Waals surface area contributed by atoms with Gasteiger partial charge in [0.25, 0.3) is 0 Å². The van der Waals surface area contributed by atoms with Crippen LogP contribution < -0.4 is 5.73 Å². The number of rotatable bonds is 1. The van der Waals surface area contributed by atoms with E-state index >= 15 is 0 Å². The maximum Gasteiger partial charge on any atom is 0.221 e. The molecule has 0 aliphatic heterocycles. The standard InChI is InChI=1S/C6H12NO/c1-6(2,3)4-5(7)8/h4H,1-3H3,(H2,7,8). The summed E-state index contributed by atoms with van der Waals surface area (Å²) in [5.41, 5.74) is 4.81. The lowest BCUT2D eigenvalue weighted by molar-refractivity contribution is -0.115. The Morgan fingerprint density at radius 3 is 1.88 bits per heavy atom. The molecular weight excluding hydrogens is 102 g/mol. The van der Waals surface area contributed by atoms with E-state index in [4.69, 9.17) is 5.73 Å². The summed E-state index contributed by atoms with van der Waals surface area (Å²) in [5.74, 6) is -0.350. The minimum absolute atomic E-state index is 0.0775. The van der Waals surface area contributed by atoms with E-state index in [0.717, 1.165) is 0 Å². The normalized spacial score (nSPS) is 11.4. The maximum atomic E-state index is 10.2. The van der Waals surface area contributed by atoms with Crippen LogP contribution in [0, 0.1) is 11.8 Å². The molecule has 0 aliphatic rings. The van der Waals surface area contributed by atoms with Gasteiger partial charge in [-0.3, -0.25) is 4.79 Å². The molecule has 0 aromatic heterocycles. The molecule has 2 nitrogen and oxygen atoms in total. The van der Waals surface area contributed by atoms with Crippen molar-refractivity contribution in [1.82, 2.24) is 0 Å². The van der Waals surface area contributed by atoms with Gasteiger partial charge in [0.1, 0.15) is 0 Å². The summed E-state index contributed by atoms with van der Waals surface area (Å²) >= 11 is 0. The number of carbonyl (C=O) groups excluding carboxylic acids is 1. The Balaban J connectivity index is 3.55. The highest BCUT2D eigenvalue weighted by atomic mass is 16.1. The molecule has 0 saturated heterocycles. The van der Waals surface area contributed by atoms with Crippen LogP contribution >= 0.6 is 0 Å². The van der Waals surface area contributed by atoms with Crippen molar-refractivity contribution in [2.24, 2.45) is 11.1 Å². The molecule has 0 spiro atoms. The van der Waals surface area contributed by atoms with E-state index in [-0.39, 0.29) is 11.3 Å². The van der Waals surface area contributed by atoms with Gasteiger partial charge < -0.3 is 5.73 Å². The van der Waals surface area contributed by atoms with Crippen LogP contribution in [0.2, 0.25) is 0 Å². The molecule has 1 amide bonds. The van der Waals surface area contributed by atoms with Crippen LogP contribution in [0.1, 0.15) is 20.8 Å². The lowest BCUT2D eigenvalue weighted by Crippen LogP contribution is -2.20. The first-order valence-electron chi connectivity index (χ1n) is 2.57. The average Bonchev–Trinajstić information content (AvgIpc) is 1.21. The van der Waals surface area contributed by atoms with E-state index in [0.29, 0.717) is 0 Å². The third-order valence-electron chi connectivity index (χ3n) is 0.575. The van der Waals surface area contributed by atoms with Gasteiger partial charge in [0, 0.05) is 0 Å². The van der Waals surface area contributed by atoms with Crippen molar-refractivity contribution in [3.05, 3.63) is 6.42 Å². The third-order valence-corrected chi connectivity index (χ3v) is 0.575. The molecule has 1 radical (unpaired) electrons. The first kappa shape index (κ1) is 7.47. The first-order chi connectivity index (χ1) is 3.42. The van der Waals surface area contributed by atoms with Crippen molar-refractivity contribution in [1.29, 1.82) is 0 Å². The molecule has 47 valence electrons. The van der Waals surface area contributed by atoms with E-state index in [1.165, 1.54) is 6.42 Å². The highest BCUT2D eigenvalue weighted by Gasteiger charge is 2.13. The van der Waals surface area contributed by atoms with Crippen molar-refractivity contribution in [2.75, 3.05) is 0 Å². The molecule has 0 atom stereocenters. The molecule has 0 aromatic carbocycles. The van der Waals surface area contributed by atoms with E-state index in [1.54, 1.807) is 0 Å². The maximum absolute atomic E-state index is 10.2. The Morgan fingerprint density at radius 1 is 1.50 bits per heavy atom. The molecule has 2 heteroatoms. The summed E-state index contributed by atoms with van der Waals surface area (Å²) < 4.78 is 0. The van der Waals surface area contributed by atoms with Gasteiger partial charge in [-0.25, -0.2) is 0 Å². The Labute approximate surface area is 50.1 Å². The SMILES string of the molecule is CC(C)(C)[CH]C(N)=O. The van der Waals surface area contributed by atoms with Gasteiger partial charge in [-0.05, 0) is 5.41 Å². The second-order valence-corrected chi connectivity index (χ2v) is 2.91. The van der Waals surface area contributed by atoms with Crippen LogP contribution in [0.5, 0.6) is 0 Å². The lowest BCUT2D eigenvalue weighted by atomic mass is 9.92. The van der Waals surface area contributed by atoms with Gasteiger partial charge in [0.2, 0.25) is 5.91 Å². The molecule has 0 saturated carbocycles. The molecule has 0 aromatic rings. The summed E-state index contributed by atoms with van der Waals surface area (Å²) in [4.78, 5) is 10.2. The Bertz CT molecular complexity index is 91.2. The largest absolute Gasteiger partial charge is 0.369 e. The Kier molecular flexibility index (Phi) is 2.02. The molecule has 0 aliphatic carbocycles. The predicted octanol–water partition coefficient (Wildman–Crippen LogP) is 0.722. The summed E-state index contributed by atoms with van der Waals surface area (Å²) in [5, 5.41) is 0. The monoisotopic (exact) mass is 114 g/mol. The molecule has 0 bridgehead atoms. The molecular formula is C6H12NO. The summed E-state index contributed by atoms with van der Waals surface area (Å²) in [6.07, 6.45) is 1.49. The fourth-order valence-corrected chi connectivity index (χ4v) is 0.427. The van der Waals surface area contributed by atoms with Crippen LogP contribution in [0.25, 0.3) is 0 Å². The van der Waals surface area contributed by atoms with E-state index in [1.807, 2.05) is 20.8 Å². The zero-order valence-corrected chi connectivity index (χ0v) is 5.56. The van der Waals surface area contributed by atoms with Crippen LogP contribution in [0.3, 0.4) is 0 Å². The second-order valence-electron chi connectivity index (χ2n) is 2.91. The van der Waals surface area contributed by atoms with Gasteiger partial charge in [-0.15, -0.1) is 0 Å². The van der Waals surface area contributed by atoms with E-state index < -0.39 is 0 Å². The van der Waals surface area contributed by atoms with Crippen molar-refractivity contribution >= 4 is 5.91 Å². The smallest absolute Gasteiger partial charge is 0.221 e. The highest BCUT2D eigenvalue weighted by molar-refractivity contribution is 5.83. The van der Waals surface area contributed by atoms with Crippen LogP contribution in [0.4, 0.5) is 0 Å². The Hall–Kier alpha value is -0.530. The zero-order chi connectivity index (χ0) is 6.78. The summed E-state index contributed by atoms with van der Waals surface area (Å²) in [6, 6.07) is 0. The summed E-state index contributed by atoms with van der Waals surface area (Å²) in [7, 11) is 0. The van der Waals surface area contributed by atoms with Crippen LogP contribution in [0.15, 0.2) is 0 Å². The quantitative estimate of drug-likeness (QED) is 0.536. The van der Waals surface area contributed by atoms with Crippen molar-refractivity contribution < 1.29 is 4.79 Å². The number of nitrogens with two attached hydrogens (primary N) is 1. The fourth-order valence-electron chi connectivity index (χ4n) is 0.427. The van der Waals surface area contributed by atoms with Gasteiger partial charge in [-0.1, -0.05) is 20.8 Å². The first-order valence-corrected chi connectivity index (χ1v) is 2.57. The second kappa shape index (κ2) is 2.16. The topological polar surface area (TPSA) is 43.1 Å². The van der Waals surface area contributed by atoms with Gasteiger partial charge in [0.05, 0.1) is 6.42 Å². The number of hydrogen-bond donors (Lipinski definition) is 1. The molecule has 0 unspecified atom stereocenters. The number of amides is 1. The van der Waals surface area contributed by atoms with E-state index in [9.17, 15) is 4.79 Å². The molecule has 0 rings (SSSR count). The molecule has 2 N–H and O–H groups in total. The highest BCUT2D eigenvalue weighted by Crippen LogP contribution is 2.15. The van der Waals surface area contributed by atoms with Gasteiger partial charge >= 0.3 is 0 Å². The van der Waals surface area contributed by atoms with Gasteiger partial charge in [0.15, 0.2) is 0 Å². The van der Waals surface area contributed by atoms with Crippen LogP contribution in [-0.4, -0.2) is 5.91 Å². The number of primary amides is 1. The minimum Gasteiger partial charge on any atom is -0.369 e. The Morgan fingerprint density at radius 2 is 1.88 bits per heavy atom. The molecule has 0 heterocycles. The molecule has 0 fully saturated rings. The summed E-state index contributed by atoms with van der Waals surface area (Å²) in [6.45, 7) is 5.78. The number of hydrogen-bond acceptors (Lipinski definition) is 1. The van der Waals surface area contributed by atoms with Crippen molar-refractivity contribution in [2.45, 2.75) is 20.8 Å². The lowest BCUT2D eigenvalue weighted by Gasteiger charge is -2.13. The minimum atomic E-state index is -0.350. The average molecular weight is 114 g/mol. The predicted molar refractivity (Wildman–Crippen MR) is 32.9 cm³/mol. The van der Waals surface area contributed by atoms with E-state index in [2.05, 4.69) is 0 Å². The van der Waals surface area contributed by atoms with Crippen molar-refractivity contribution in [3.8, 4) is 0 Å². The third kappa shape index (κ3) is 5.47. The van der Waals surface area contributed by atoms with Crippen LogP contribution in [-0.2, 0) is 4.79 Å². The fraction of sp³-hybridized carbons (Fsp3) is 0.667. The van der Waals surface area contributed by atoms with Gasteiger partial charge in [-0.2, -0.15) is 0 Å².